The van der Waals surface area contributed by atoms with Gasteiger partial charge in [0.2, 0.25) is 5.91 Å². The van der Waals surface area contributed by atoms with Gasteiger partial charge in [-0.1, -0.05) is 31.4 Å². The van der Waals surface area contributed by atoms with Crippen molar-refractivity contribution in [2.75, 3.05) is 6.61 Å². The van der Waals surface area contributed by atoms with Crippen molar-refractivity contribution in [3.63, 3.8) is 0 Å². The Morgan fingerprint density at radius 2 is 1.92 bits per heavy atom. The molecule has 0 unspecified atom stereocenters. The third-order valence-corrected chi connectivity index (χ3v) is 4.25. The zero-order chi connectivity index (χ0) is 17.8. The minimum Gasteiger partial charge on any atom is -0.484 e. The van der Waals surface area contributed by atoms with Crippen LogP contribution in [0.25, 0.3) is 0 Å². The molecular weight excluding hydrogens is 357 g/mol. The fraction of sp³-hybridized carbons (Fsp3) is 0.588. The van der Waals surface area contributed by atoms with Crippen LogP contribution in [0.15, 0.2) is 18.2 Å². The highest BCUT2D eigenvalue weighted by Gasteiger charge is 2.35. The van der Waals surface area contributed by atoms with E-state index in [4.69, 9.17) is 10.5 Å². The van der Waals surface area contributed by atoms with Gasteiger partial charge in [-0.2, -0.15) is 13.2 Å². The summed E-state index contributed by atoms with van der Waals surface area (Å²) in [7, 11) is 0. The molecule has 1 aliphatic carbocycles. The average Bonchev–Trinajstić information content (AvgIpc) is 2.51. The number of halogens is 4. The van der Waals surface area contributed by atoms with Crippen molar-refractivity contribution in [1.29, 1.82) is 0 Å². The molecule has 1 aromatic carbocycles. The smallest absolute Gasteiger partial charge is 0.422 e. The highest BCUT2D eigenvalue weighted by molar-refractivity contribution is 5.86. The second-order valence-corrected chi connectivity index (χ2v) is 6.41. The van der Waals surface area contributed by atoms with Gasteiger partial charge in [0.15, 0.2) is 6.61 Å². The Kier molecular flexibility index (Phi) is 7.56. The Morgan fingerprint density at radius 3 is 2.52 bits per heavy atom. The first-order valence-electron chi connectivity index (χ1n) is 8.06. The fourth-order valence-electron chi connectivity index (χ4n) is 2.86. The summed E-state index contributed by atoms with van der Waals surface area (Å²) in [6, 6.07) is 4.96. The second kappa shape index (κ2) is 8.76. The highest BCUT2D eigenvalue weighted by atomic mass is 35.5. The summed E-state index contributed by atoms with van der Waals surface area (Å²) in [5.74, 6) is -0.133. The van der Waals surface area contributed by atoms with E-state index in [0.29, 0.717) is 18.4 Å². The first kappa shape index (κ1) is 21.6. The number of carbonyl (C=O) groups is 1. The molecule has 25 heavy (non-hydrogen) atoms. The van der Waals surface area contributed by atoms with E-state index in [0.717, 1.165) is 24.8 Å². The molecule has 1 fully saturated rings. The fourth-order valence-corrected chi connectivity index (χ4v) is 2.86. The molecule has 1 amide bonds. The molecule has 8 heteroatoms. The van der Waals surface area contributed by atoms with Gasteiger partial charge in [-0.05, 0) is 31.4 Å². The van der Waals surface area contributed by atoms with Crippen LogP contribution < -0.4 is 15.8 Å². The standard InChI is InChI=1S/C17H23F3N2O2.ClH/c1-12-5-6-13(14(9-12)24-11-17(18,19)20)10-22-15(23)16(21)7-3-2-4-8-16;/h5-6,9H,2-4,7-8,10-11,21H2,1H3,(H,22,23);1H. The molecule has 0 aliphatic heterocycles. The van der Waals surface area contributed by atoms with Crippen LogP contribution in [0.1, 0.15) is 43.2 Å². The van der Waals surface area contributed by atoms with E-state index in [1.165, 1.54) is 6.07 Å². The number of nitrogens with two attached hydrogens (primary N) is 1. The van der Waals surface area contributed by atoms with E-state index < -0.39 is 18.3 Å². The van der Waals surface area contributed by atoms with Crippen LogP contribution in [0.5, 0.6) is 5.75 Å². The van der Waals surface area contributed by atoms with E-state index >= 15 is 0 Å². The largest absolute Gasteiger partial charge is 0.484 e. The normalized spacial score (nSPS) is 16.7. The monoisotopic (exact) mass is 380 g/mol. The molecule has 1 aliphatic rings. The Hall–Kier alpha value is -1.47. The van der Waals surface area contributed by atoms with Crippen LogP contribution in [0.2, 0.25) is 0 Å². The summed E-state index contributed by atoms with van der Waals surface area (Å²) >= 11 is 0. The summed E-state index contributed by atoms with van der Waals surface area (Å²) in [4.78, 5) is 12.3. The number of rotatable bonds is 5. The van der Waals surface area contributed by atoms with Gasteiger partial charge in [0, 0.05) is 12.1 Å². The molecule has 0 heterocycles. The van der Waals surface area contributed by atoms with Gasteiger partial charge in [-0.3, -0.25) is 4.79 Å². The molecule has 142 valence electrons. The number of hydrogen-bond donors (Lipinski definition) is 2. The molecule has 1 aromatic rings. The van der Waals surface area contributed by atoms with Crippen molar-refractivity contribution in [1.82, 2.24) is 5.32 Å². The summed E-state index contributed by atoms with van der Waals surface area (Å²) in [6.45, 7) is 0.489. The number of alkyl halides is 3. The van der Waals surface area contributed by atoms with Crippen molar-refractivity contribution in [2.24, 2.45) is 5.73 Å². The average molecular weight is 381 g/mol. The van der Waals surface area contributed by atoms with Gasteiger partial charge in [-0.15, -0.1) is 12.4 Å². The van der Waals surface area contributed by atoms with Crippen molar-refractivity contribution >= 4 is 18.3 Å². The highest BCUT2D eigenvalue weighted by Crippen LogP contribution is 2.27. The number of hydrogen-bond acceptors (Lipinski definition) is 3. The topological polar surface area (TPSA) is 64.4 Å². The molecule has 3 N–H and O–H groups in total. The van der Waals surface area contributed by atoms with Crippen LogP contribution in [0.4, 0.5) is 13.2 Å². The van der Waals surface area contributed by atoms with Gasteiger partial charge >= 0.3 is 6.18 Å². The molecule has 0 radical (unpaired) electrons. The Balaban J connectivity index is 0.00000312. The summed E-state index contributed by atoms with van der Waals surface area (Å²) in [5, 5.41) is 2.74. The van der Waals surface area contributed by atoms with E-state index in [-0.39, 0.29) is 30.6 Å². The Morgan fingerprint density at radius 1 is 1.28 bits per heavy atom. The summed E-state index contributed by atoms with van der Waals surface area (Å²) < 4.78 is 42.0. The minimum atomic E-state index is -4.41. The first-order valence-corrected chi connectivity index (χ1v) is 8.06. The van der Waals surface area contributed by atoms with Crippen molar-refractivity contribution in [2.45, 2.75) is 57.3 Å². The molecule has 1 saturated carbocycles. The van der Waals surface area contributed by atoms with Crippen LogP contribution >= 0.6 is 12.4 Å². The van der Waals surface area contributed by atoms with E-state index in [9.17, 15) is 18.0 Å². The third kappa shape index (κ3) is 6.40. The molecule has 4 nitrogen and oxygen atoms in total. The van der Waals surface area contributed by atoms with Gasteiger partial charge in [0.25, 0.3) is 0 Å². The zero-order valence-corrected chi connectivity index (χ0v) is 14.9. The van der Waals surface area contributed by atoms with Crippen LogP contribution in [-0.4, -0.2) is 24.2 Å². The van der Waals surface area contributed by atoms with Crippen molar-refractivity contribution in [3.8, 4) is 5.75 Å². The lowest BCUT2D eigenvalue weighted by molar-refractivity contribution is -0.153. The molecule has 0 atom stereocenters. The number of amides is 1. The Labute approximate surface area is 151 Å². The number of aryl methyl sites for hydroxylation is 1. The number of nitrogens with one attached hydrogen (secondary N) is 1. The maximum absolute atomic E-state index is 12.4. The minimum absolute atomic E-state index is 0. The molecular formula is C17H24ClF3N2O2. The second-order valence-electron chi connectivity index (χ2n) is 6.41. The lowest BCUT2D eigenvalue weighted by Gasteiger charge is -2.31. The van der Waals surface area contributed by atoms with E-state index in [2.05, 4.69) is 5.32 Å². The SMILES string of the molecule is Cc1ccc(CNC(=O)C2(N)CCCCC2)c(OCC(F)(F)F)c1.Cl. The Bertz CT molecular complexity index is 588. The van der Waals surface area contributed by atoms with E-state index in [1.807, 2.05) is 0 Å². The van der Waals surface area contributed by atoms with E-state index in [1.54, 1.807) is 19.1 Å². The molecule has 0 aromatic heterocycles. The number of carbonyl (C=O) groups excluding carboxylic acids is 1. The van der Waals surface area contributed by atoms with Gasteiger partial charge < -0.3 is 15.8 Å². The lowest BCUT2D eigenvalue weighted by Crippen LogP contribution is -2.54. The van der Waals surface area contributed by atoms with Gasteiger partial charge in [0.1, 0.15) is 5.75 Å². The number of benzene rings is 1. The van der Waals surface area contributed by atoms with Gasteiger partial charge in [0.05, 0.1) is 5.54 Å². The van der Waals surface area contributed by atoms with Crippen LogP contribution in [0.3, 0.4) is 0 Å². The van der Waals surface area contributed by atoms with Gasteiger partial charge in [-0.25, -0.2) is 0 Å². The first-order chi connectivity index (χ1) is 11.2. The molecule has 0 spiro atoms. The van der Waals surface area contributed by atoms with Crippen LogP contribution in [0, 0.1) is 6.92 Å². The zero-order valence-electron chi connectivity index (χ0n) is 14.1. The van der Waals surface area contributed by atoms with Crippen molar-refractivity contribution in [3.05, 3.63) is 29.3 Å². The predicted molar refractivity (Wildman–Crippen MR) is 91.8 cm³/mol. The molecule has 2 rings (SSSR count). The lowest BCUT2D eigenvalue weighted by atomic mass is 9.82. The summed E-state index contributed by atoms with van der Waals surface area (Å²) in [6.07, 6.45) is -0.260. The molecule has 0 bridgehead atoms. The third-order valence-electron chi connectivity index (χ3n) is 4.25. The van der Waals surface area contributed by atoms with Crippen molar-refractivity contribution < 1.29 is 22.7 Å². The predicted octanol–water partition coefficient (Wildman–Crippen LogP) is 3.64. The maximum Gasteiger partial charge on any atom is 0.422 e. The maximum atomic E-state index is 12.4. The summed E-state index contributed by atoms with van der Waals surface area (Å²) in [5.41, 5.74) is 6.55. The van der Waals surface area contributed by atoms with Crippen LogP contribution in [-0.2, 0) is 11.3 Å². The quantitative estimate of drug-likeness (QED) is 0.819. The number of ether oxygens (including phenoxy) is 1. The molecule has 0 saturated heterocycles.